The van der Waals surface area contributed by atoms with Crippen LogP contribution in [0.2, 0.25) is 10.0 Å². The number of esters is 1. The van der Waals surface area contributed by atoms with Crippen LogP contribution >= 0.6 is 58.5 Å². The summed E-state index contributed by atoms with van der Waals surface area (Å²) in [6.07, 6.45) is 4.83. The number of ether oxygens (including phenoxy) is 1. The first-order chi connectivity index (χ1) is 19.1. The SMILES string of the molecule is COC(=O)C1=C(CSc2cc[n+](C)cc2)CSC2C(NC(=O)CSc3cc(Cl)c(/C=C/C(O)O)cc3Cl)C(=O)N12. The molecule has 3 heterocycles. The van der Waals surface area contributed by atoms with Crippen molar-refractivity contribution in [3.63, 3.8) is 0 Å². The zero-order valence-corrected chi connectivity index (χ0v) is 25.3. The smallest absolute Gasteiger partial charge is 0.354 e. The number of halogens is 2. The van der Waals surface area contributed by atoms with Crippen molar-refractivity contribution in [2.24, 2.45) is 7.05 Å². The monoisotopic (exact) mass is 642 g/mol. The lowest BCUT2D eigenvalue weighted by molar-refractivity contribution is -0.671. The first kappa shape index (κ1) is 30.8. The largest absolute Gasteiger partial charge is 0.464 e. The molecule has 1 aromatic carbocycles. The van der Waals surface area contributed by atoms with Crippen LogP contribution in [-0.4, -0.2) is 75.0 Å². The highest BCUT2D eigenvalue weighted by Crippen LogP contribution is 2.42. The van der Waals surface area contributed by atoms with Crippen molar-refractivity contribution in [2.75, 3.05) is 24.4 Å². The molecule has 2 amide bonds. The Kier molecular flexibility index (Phi) is 10.5. The normalized spacial score (nSPS) is 18.7. The number of benzene rings is 1. The van der Waals surface area contributed by atoms with E-state index in [-0.39, 0.29) is 23.3 Å². The van der Waals surface area contributed by atoms with Gasteiger partial charge in [0.25, 0.3) is 5.91 Å². The first-order valence-corrected chi connectivity index (χ1v) is 15.6. The number of nitrogens with zero attached hydrogens (tertiary/aromatic N) is 2. The number of aryl methyl sites for hydroxylation is 1. The van der Waals surface area contributed by atoms with Crippen molar-refractivity contribution >= 4 is 82.3 Å². The molecule has 2 aliphatic heterocycles. The van der Waals surface area contributed by atoms with Crippen molar-refractivity contribution in [2.45, 2.75) is 27.5 Å². The number of nitrogens with one attached hydrogen (secondary N) is 1. The molecule has 14 heteroatoms. The molecule has 1 saturated heterocycles. The van der Waals surface area contributed by atoms with Crippen molar-refractivity contribution in [1.29, 1.82) is 0 Å². The Bertz CT molecular complexity index is 1370. The van der Waals surface area contributed by atoms with Crippen LogP contribution in [0.4, 0.5) is 0 Å². The summed E-state index contributed by atoms with van der Waals surface area (Å²) in [5.41, 5.74) is 1.54. The van der Waals surface area contributed by atoms with Gasteiger partial charge in [-0.25, -0.2) is 9.36 Å². The minimum absolute atomic E-state index is 0.0157. The van der Waals surface area contributed by atoms with E-state index in [1.165, 1.54) is 29.8 Å². The van der Waals surface area contributed by atoms with Crippen LogP contribution < -0.4 is 9.88 Å². The number of rotatable bonds is 10. The number of aliphatic hydroxyl groups excluding tert-OH is 1. The van der Waals surface area contributed by atoms with Crippen LogP contribution in [0.3, 0.4) is 0 Å². The molecule has 3 N–H and O–H groups in total. The number of hydrogen-bond donors (Lipinski definition) is 3. The average Bonchev–Trinajstić information content (AvgIpc) is 2.93. The minimum atomic E-state index is -1.62. The summed E-state index contributed by atoms with van der Waals surface area (Å²) in [6.45, 7) is 0. The topological polar surface area (TPSA) is 120 Å². The fourth-order valence-electron chi connectivity index (χ4n) is 3.96. The lowest BCUT2D eigenvalue weighted by atomic mass is 10.0. The molecule has 0 spiro atoms. The molecule has 2 atom stereocenters. The Morgan fingerprint density at radius 3 is 2.65 bits per heavy atom. The third-order valence-electron chi connectivity index (χ3n) is 5.96. The van der Waals surface area contributed by atoms with Crippen LogP contribution in [0.25, 0.3) is 6.08 Å². The fraction of sp³-hybridized carbons (Fsp3) is 0.308. The van der Waals surface area contributed by atoms with Crippen molar-refractivity contribution in [3.8, 4) is 0 Å². The molecular formula is C26H26Cl2N3O6S3+. The van der Waals surface area contributed by atoms with Crippen molar-refractivity contribution in [3.05, 3.63) is 69.6 Å². The lowest BCUT2D eigenvalue weighted by Gasteiger charge is -2.49. The van der Waals surface area contributed by atoms with Crippen LogP contribution in [0.5, 0.6) is 0 Å². The molecule has 0 radical (unpaired) electrons. The summed E-state index contributed by atoms with van der Waals surface area (Å²) < 4.78 is 6.92. The summed E-state index contributed by atoms with van der Waals surface area (Å²) in [5.74, 6) is -0.284. The maximum absolute atomic E-state index is 13.1. The van der Waals surface area contributed by atoms with E-state index in [9.17, 15) is 14.4 Å². The van der Waals surface area contributed by atoms with E-state index >= 15 is 0 Å². The predicted molar refractivity (Wildman–Crippen MR) is 157 cm³/mol. The molecular weight excluding hydrogens is 617 g/mol. The number of fused-ring (bicyclic) bond motifs is 1. The van der Waals surface area contributed by atoms with E-state index in [2.05, 4.69) is 5.32 Å². The highest BCUT2D eigenvalue weighted by molar-refractivity contribution is 8.01. The Balaban J connectivity index is 1.38. The molecule has 9 nitrogen and oxygen atoms in total. The maximum Gasteiger partial charge on any atom is 0.354 e. The Morgan fingerprint density at radius 2 is 1.98 bits per heavy atom. The zero-order valence-electron chi connectivity index (χ0n) is 21.4. The molecule has 0 saturated carbocycles. The summed E-state index contributed by atoms with van der Waals surface area (Å²) in [4.78, 5) is 41.5. The highest BCUT2D eigenvalue weighted by atomic mass is 35.5. The molecule has 40 heavy (non-hydrogen) atoms. The van der Waals surface area contributed by atoms with Gasteiger partial charge >= 0.3 is 5.97 Å². The number of thioether (sulfide) groups is 3. The predicted octanol–water partition coefficient (Wildman–Crippen LogP) is 2.85. The second-order valence-corrected chi connectivity index (χ2v) is 12.7. The summed E-state index contributed by atoms with van der Waals surface area (Å²) in [5, 5.41) is 21.0. The number of hydrogen-bond acceptors (Lipinski definition) is 9. The van der Waals surface area contributed by atoms with Gasteiger partial charge < -0.3 is 20.3 Å². The Hall–Kier alpha value is -2.19. The van der Waals surface area contributed by atoms with E-state index in [1.807, 2.05) is 36.1 Å². The number of β-lactam (4-membered cyclic amide) rings is 1. The van der Waals surface area contributed by atoms with Gasteiger partial charge in [0.2, 0.25) is 5.91 Å². The second kappa shape index (κ2) is 13.6. The molecule has 2 aliphatic rings. The van der Waals surface area contributed by atoms with E-state index in [4.69, 9.17) is 38.2 Å². The molecule has 2 aromatic rings. The van der Waals surface area contributed by atoms with E-state index in [0.29, 0.717) is 32.0 Å². The first-order valence-electron chi connectivity index (χ1n) is 11.9. The van der Waals surface area contributed by atoms with Gasteiger partial charge in [0.05, 0.1) is 17.9 Å². The number of carbonyl (C=O) groups excluding carboxylic acids is 3. The van der Waals surface area contributed by atoms with Crippen LogP contribution in [0, 0.1) is 0 Å². The third-order valence-corrected chi connectivity index (χ3v) is 10.2. The van der Waals surface area contributed by atoms with Crippen LogP contribution in [0.1, 0.15) is 5.56 Å². The number of aromatic nitrogens is 1. The molecule has 1 aromatic heterocycles. The Morgan fingerprint density at radius 1 is 1.25 bits per heavy atom. The van der Waals surface area contributed by atoms with Gasteiger partial charge in [-0.05, 0) is 29.3 Å². The third kappa shape index (κ3) is 7.17. The summed E-state index contributed by atoms with van der Waals surface area (Å²) in [7, 11) is 3.22. The molecule has 4 rings (SSSR count). The number of methoxy groups -OCH3 is 1. The Labute approximate surface area is 253 Å². The number of pyridine rings is 1. The highest BCUT2D eigenvalue weighted by Gasteiger charge is 2.54. The number of amides is 2. The van der Waals surface area contributed by atoms with Crippen molar-refractivity contribution in [1.82, 2.24) is 10.2 Å². The van der Waals surface area contributed by atoms with Crippen molar-refractivity contribution < 1.29 is 33.9 Å². The lowest BCUT2D eigenvalue weighted by Crippen LogP contribution is -2.70. The van der Waals surface area contributed by atoms with E-state index in [1.54, 1.807) is 23.9 Å². The molecule has 212 valence electrons. The molecule has 0 bridgehead atoms. The van der Waals surface area contributed by atoms with Gasteiger partial charge in [-0.3, -0.25) is 14.5 Å². The fourth-order valence-corrected chi connectivity index (χ4v) is 7.73. The average molecular weight is 644 g/mol. The molecule has 0 aliphatic carbocycles. The van der Waals surface area contributed by atoms with Gasteiger partial charge in [-0.15, -0.1) is 35.3 Å². The summed E-state index contributed by atoms with van der Waals surface area (Å²) >= 11 is 16.8. The molecule has 1 fully saturated rings. The summed E-state index contributed by atoms with van der Waals surface area (Å²) in [6, 6.07) is 6.34. The maximum atomic E-state index is 13.1. The second-order valence-electron chi connectivity index (χ2n) is 8.75. The van der Waals surface area contributed by atoms with Gasteiger partial charge in [0.1, 0.15) is 24.2 Å². The standard InChI is InChI=1S/C26H25Cl2N3O6S3/c1-30-7-5-16(6-8-30)38-11-15-12-40-25-22(24(35)31(25)23(15)26(36)37-2)29-20(32)13-39-19-10-17(27)14(9-18(19)28)3-4-21(33)34/h3-10,21-22,25,33-34H,11-13H2,1-2H3/p+1/b4-3+. The van der Waals surface area contributed by atoms with E-state index in [0.717, 1.165) is 28.3 Å². The number of carbonyl (C=O) groups is 3. The van der Waals surface area contributed by atoms with Gasteiger partial charge in [-0.2, -0.15) is 0 Å². The van der Waals surface area contributed by atoms with Gasteiger partial charge in [-0.1, -0.05) is 29.3 Å². The molecule has 2 unspecified atom stereocenters. The van der Waals surface area contributed by atoms with E-state index < -0.39 is 23.7 Å². The van der Waals surface area contributed by atoms with Gasteiger partial charge in [0, 0.05) is 38.5 Å². The van der Waals surface area contributed by atoms with Crippen LogP contribution in [-0.2, 0) is 26.2 Å². The zero-order chi connectivity index (χ0) is 29.0. The van der Waals surface area contributed by atoms with Crippen LogP contribution in [0.15, 0.2) is 63.8 Å². The quantitative estimate of drug-likeness (QED) is 0.118. The van der Waals surface area contributed by atoms with Gasteiger partial charge in [0.15, 0.2) is 18.7 Å². The number of aliphatic hydroxyl groups is 2. The minimum Gasteiger partial charge on any atom is -0.464 e.